The zero-order valence-corrected chi connectivity index (χ0v) is 70.5. The highest BCUT2D eigenvalue weighted by Crippen LogP contribution is 2.58. The van der Waals surface area contributed by atoms with Crippen molar-refractivity contribution in [1.29, 1.82) is 0 Å². The predicted molar refractivity (Wildman–Crippen MR) is 527 cm³/mol. The lowest BCUT2D eigenvalue weighted by Crippen LogP contribution is -2.16. The van der Waals surface area contributed by atoms with E-state index in [1.54, 1.807) is 0 Å². The summed E-state index contributed by atoms with van der Waals surface area (Å²) in [6.45, 7) is 14.0. The summed E-state index contributed by atoms with van der Waals surface area (Å²) in [6, 6.07) is 147. The molecule has 3 aliphatic carbocycles. The Morgan fingerprint density at radius 2 is 0.496 bits per heavy atom. The minimum absolute atomic E-state index is 0.127. The molecule has 0 radical (unpaired) electrons. The number of para-hydroxylation sites is 4. The fraction of sp³-hybridized carbons (Fsp3) is 0.0744. The summed E-state index contributed by atoms with van der Waals surface area (Å²) in [5.74, 6) is 0. The SMILES string of the molecule is CC1(C)c2ccccc2-c2nc3ccccc3c(-c3ccc(-c4ccc5c(-c6ccccc6)c6ccccc6c(-c6ccccc6)c5c4)cc3)c21.CC1(C)c2ccccc2-c2nc3ccccc3c(-c3ccc(-c4ccc5cc6ccccc6cc5c4)cc3)c21.CC1(C)c2ccccc2-c2nc3ccccc3c(-c3ccc(-c4cccc5cccnc45)cc3)c21. The van der Waals surface area contributed by atoms with Crippen LogP contribution in [0.25, 0.3) is 209 Å². The van der Waals surface area contributed by atoms with Crippen LogP contribution in [0, 0.1) is 0 Å². The van der Waals surface area contributed by atoms with E-state index in [-0.39, 0.29) is 16.2 Å². The third kappa shape index (κ3) is 12.2. The van der Waals surface area contributed by atoms with E-state index < -0.39 is 0 Å². The number of hydrogen-bond donors (Lipinski definition) is 0. The number of rotatable bonds is 8. The van der Waals surface area contributed by atoms with Crippen LogP contribution in [-0.4, -0.2) is 19.9 Å². The van der Waals surface area contributed by atoms with Crippen LogP contribution in [0.15, 0.2) is 413 Å². The van der Waals surface area contributed by atoms with Crippen molar-refractivity contribution >= 4 is 86.7 Å². The van der Waals surface area contributed by atoms with Crippen molar-refractivity contribution in [3.8, 4) is 123 Å². The number of benzene rings is 18. The van der Waals surface area contributed by atoms with Gasteiger partial charge in [0.05, 0.1) is 39.1 Å². The van der Waals surface area contributed by atoms with Crippen molar-refractivity contribution < 1.29 is 0 Å². The molecule has 25 rings (SSSR count). The highest BCUT2D eigenvalue weighted by molar-refractivity contribution is 6.22. The van der Waals surface area contributed by atoms with E-state index in [9.17, 15) is 0 Å². The highest BCUT2D eigenvalue weighted by Gasteiger charge is 2.43. The maximum Gasteiger partial charge on any atom is 0.0780 e. The molecule has 4 heteroatoms. The Morgan fingerprint density at radius 3 is 0.960 bits per heavy atom. The molecule has 0 bridgehead atoms. The van der Waals surface area contributed by atoms with E-state index in [0.717, 1.165) is 50.1 Å². The molecule has 3 aliphatic rings. The van der Waals surface area contributed by atoms with Crippen LogP contribution in [0.4, 0.5) is 0 Å². The Labute approximate surface area is 728 Å². The molecule has 590 valence electrons. The van der Waals surface area contributed by atoms with E-state index in [0.29, 0.717) is 0 Å². The minimum atomic E-state index is -0.164. The lowest BCUT2D eigenvalue weighted by atomic mass is 9.78. The lowest BCUT2D eigenvalue weighted by Gasteiger charge is -2.25. The number of pyridine rings is 4. The summed E-state index contributed by atoms with van der Waals surface area (Å²) in [5.41, 5.74) is 38.6. The van der Waals surface area contributed by atoms with Gasteiger partial charge in [0.1, 0.15) is 0 Å². The van der Waals surface area contributed by atoms with Crippen molar-refractivity contribution in [2.24, 2.45) is 0 Å². The van der Waals surface area contributed by atoms with Crippen LogP contribution in [0.2, 0.25) is 0 Å². The van der Waals surface area contributed by atoms with Gasteiger partial charge < -0.3 is 0 Å². The van der Waals surface area contributed by atoms with Gasteiger partial charge in [0.2, 0.25) is 0 Å². The summed E-state index contributed by atoms with van der Waals surface area (Å²) < 4.78 is 0. The smallest absolute Gasteiger partial charge is 0.0780 e. The molecule has 0 spiro atoms. The molecule has 0 saturated carbocycles. The van der Waals surface area contributed by atoms with E-state index >= 15 is 0 Å². The number of nitrogens with zero attached hydrogens (tertiary/aromatic N) is 4. The first kappa shape index (κ1) is 74.7. The molecule has 4 aromatic heterocycles. The molecule has 0 N–H and O–H groups in total. The predicted octanol–water partition coefficient (Wildman–Crippen LogP) is 32.1. The largest absolute Gasteiger partial charge is 0.256 e. The van der Waals surface area contributed by atoms with E-state index in [1.807, 2.05) is 12.3 Å². The fourth-order valence-electron chi connectivity index (χ4n) is 21.2. The van der Waals surface area contributed by atoms with Crippen LogP contribution in [0.1, 0.15) is 74.9 Å². The molecule has 0 fully saturated rings. The van der Waals surface area contributed by atoms with Crippen molar-refractivity contribution in [1.82, 2.24) is 19.9 Å². The van der Waals surface area contributed by atoms with Crippen LogP contribution >= 0.6 is 0 Å². The zero-order chi connectivity index (χ0) is 83.8. The third-order valence-electron chi connectivity index (χ3n) is 27.1. The van der Waals surface area contributed by atoms with Crippen molar-refractivity contribution in [2.75, 3.05) is 0 Å². The molecule has 22 aromatic rings. The number of hydrogen-bond acceptors (Lipinski definition) is 4. The molecule has 0 unspecified atom stereocenters. The average molecular weight is 1600 g/mol. The maximum atomic E-state index is 5.26. The minimum Gasteiger partial charge on any atom is -0.256 e. The van der Waals surface area contributed by atoms with Gasteiger partial charge in [0.25, 0.3) is 0 Å². The second-order valence-electron chi connectivity index (χ2n) is 35.4. The average Bonchev–Trinajstić information content (AvgIpc) is 1.67. The molecule has 4 heterocycles. The number of fused-ring (bicyclic) bond motifs is 17. The Hall–Kier alpha value is -15.4. The van der Waals surface area contributed by atoms with Crippen LogP contribution in [-0.2, 0) is 16.2 Å². The molecule has 0 aliphatic heterocycles. The van der Waals surface area contributed by atoms with Gasteiger partial charge in [0.15, 0.2) is 0 Å². The molecule has 18 aromatic carbocycles. The monoisotopic (exact) mass is 1590 g/mol. The van der Waals surface area contributed by atoms with Crippen LogP contribution < -0.4 is 0 Å². The Bertz CT molecular complexity index is 8140. The Kier molecular flexibility index (Phi) is 17.6. The summed E-state index contributed by atoms with van der Waals surface area (Å²) in [5, 5.41) is 14.9. The second kappa shape index (κ2) is 29.5. The quantitative estimate of drug-likeness (QED) is 0.142. The Morgan fingerprint density at radius 1 is 0.184 bits per heavy atom. The Balaban J connectivity index is 0.000000110. The molecule has 0 amide bonds. The summed E-state index contributed by atoms with van der Waals surface area (Å²) in [7, 11) is 0. The van der Waals surface area contributed by atoms with Crippen molar-refractivity contribution in [3.05, 3.63) is 446 Å². The normalized spacial score (nSPS) is 13.4. The molecule has 0 atom stereocenters. The van der Waals surface area contributed by atoms with E-state index in [2.05, 4.69) is 447 Å². The summed E-state index contributed by atoms with van der Waals surface area (Å²) in [6.07, 6.45) is 1.87. The lowest BCUT2D eigenvalue weighted by molar-refractivity contribution is 0.661. The molecule has 0 saturated heterocycles. The summed E-state index contributed by atoms with van der Waals surface area (Å²) >= 11 is 0. The second-order valence-corrected chi connectivity index (χ2v) is 35.4. The van der Waals surface area contributed by atoms with Gasteiger partial charge in [-0.2, -0.15) is 0 Å². The van der Waals surface area contributed by atoms with Gasteiger partial charge in [-0.05, 0) is 208 Å². The number of aromatic nitrogens is 4. The zero-order valence-electron chi connectivity index (χ0n) is 70.5. The van der Waals surface area contributed by atoms with Crippen LogP contribution in [0.3, 0.4) is 0 Å². The van der Waals surface area contributed by atoms with E-state index in [1.165, 1.54) is 193 Å². The van der Waals surface area contributed by atoms with E-state index in [4.69, 9.17) is 15.0 Å². The maximum absolute atomic E-state index is 5.26. The first-order valence-corrected chi connectivity index (χ1v) is 43.6. The van der Waals surface area contributed by atoms with Gasteiger partial charge in [-0.25, -0.2) is 15.0 Å². The van der Waals surface area contributed by atoms with Crippen molar-refractivity contribution in [3.63, 3.8) is 0 Å². The first-order chi connectivity index (χ1) is 61.3. The first-order valence-electron chi connectivity index (χ1n) is 43.6. The molecular formula is C121H86N4. The third-order valence-corrected chi connectivity index (χ3v) is 27.1. The highest BCUT2D eigenvalue weighted by atomic mass is 14.8. The summed E-state index contributed by atoms with van der Waals surface area (Å²) in [4.78, 5) is 20.3. The van der Waals surface area contributed by atoms with Gasteiger partial charge in [-0.3, -0.25) is 4.98 Å². The van der Waals surface area contributed by atoms with Gasteiger partial charge >= 0.3 is 0 Å². The topological polar surface area (TPSA) is 51.6 Å². The van der Waals surface area contributed by atoms with Gasteiger partial charge in [-0.1, -0.05) is 399 Å². The van der Waals surface area contributed by atoms with Gasteiger partial charge in [-0.15, -0.1) is 0 Å². The fourth-order valence-corrected chi connectivity index (χ4v) is 21.2. The molecule has 125 heavy (non-hydrogen) atoms. The van der Waals surface area contributed by atoms with Crippen LogP contribution in [0.5, 0.6) is 0 Å². The van der Waals surface area contributed by atoms with Gasteiger partial charge in [0, 0.05) is 66.2 Å². The molecule has 4 nitrogen and oxygen atoms in total. The standard InChI is InChI=1S/C50H35N.C38H27N.C33H24N2/c1-50(2)43-23-13-11-21-40(43)49-48(50)47(41-22-12-14-24-44(41)51-49)35-27-25-32(26-28-35)36-29-30-39-42(31-36)46(34-17-7-4-8-18-34)38-20-10-9-19-37(38)45(39)33-15-5-3-6-16-33;1-38(2)33-13-7-5-11-31(33)37-36(38)35(32-12-6-8-14-34(32)39-37)25-17-15-24(16-18-25)28-19-20-29-21-26-9-3-4-10-27(26)22-30(29)23-28;1-33(2)27-14-5-3-11-25(27)32-30(33)29(26-12-4-6-15-28(26)35-32)22-18-16-21(17-19-22)24-13-7-9-23-10-8-20-34-31(23)24/h3-31H,1-2H3;3-23H,1-2H3;3-20H,1-2H3. The van der Waals surface area contributed by atoms with Crippen molar-refractivity contribution in [2.45, 2.75) is 57.8 Å². The molecular weight excluding hydrogens is 1510 g/mol.